The number of rotatable bonds is 4. The Morgan fingerprint density at radius 3 is 2.67 bits per heavy atom. The maximum absolute atomic E-state index is 13.8. The Labute approximate surface area is 113 Å². The van der Waals surface area contributed by atoms with E-state index >= 15 is 0 Å². The number of methoxy groups -OCH3 is 1. The first kappa shape index (κ1) is 13.6. The molecule has 0 aromatic heterocycles. The largest absolute Gasteiger partial charge is 0.497 e. The molecule has 1 aliphatic rings. The number of piperidine rings is 1. The second kappa shape index (κ2) is 6.39. The van der Waals surface area contributed by atoms with E-state index in [9.17, 15) is 4.39 Å². The van der Waals surface area contributed by atoms with Gasteiger partial charge >= 0.3 is 0 Å². The fraction of sp³-hybridized carbons (Fsp3) is 0.571. The second-order valence-electron chi connectivity index (χ2n) is 4.83. The minimum absolute atomic E-state index is 0.186. The van der Waals surface area contributed by atoms with E-state index in [-0.39, 0.29) is 5.82 Å². The van der Waals surface area contributed by atoms with E-state index in [1.165, 1.54) is 6.07 Å². The standard InChI is InChI=1S/C14H19ClFNO/c1-18-13-3-2-12(14(16)8-13)10-17-6-4-11(9-15)5-7-17/h2-3,8,11H,4-7,9-10H2,1H3. The summed E-state index contributed by atoms with van der Waals surface area (Å²) in [6, 6.07) is 5.06. The number of benzene rings is 1. The molecule has 0 saturated carbocycles. The van der Waals surface area contributed by atoms with Gasteiger partial charge in [-0.05, 0) is 37.9 Å². The van der Waals surface area contributed by atoms with Gasteiger partial charge in [0.2, 0.25) is 0 Å². The molecule has 0 N–H and O–H groups in total. The third-order valence-corrected chi connectivity index (χ3v) is 4.02. The van der Waals surface area contributed by atoms with E-state index in [0.29, 0.717) is 18.2 Å². The molecule has 0 unspecified atom stereocenters. The second-order valence-corrected chi connectivity index (χ2v) is 5.14. The van der Waals surface area contributed by atoms with Crippen molar-refractivity contribution in [2.75, 3.05) is 26.1 Å². The van der Waals surface area contributed by atoms with Gasteiger partial charge in [0.05, 0.1) is 7.11 Å². The minimum atomic E-state index is -0.186. The predicted molar refractivity (Wildman–Crippen MR) is 71.7 cm³/mol. The molecule has 0 amide bonds. The van der Waals surface area contributed by atoms with Crippen molar-refractivity contribution in [2.24, 2.45) is 5.92 Å². The molecule has 1 aromatic carbocycles. The third-order valence-electron chi connectivity index (χ3n) is 3.58. The van der Waals surface area contributed by atoms with Crippen molar-refractivity contribution in [3.8, 4) is 5.75 Å². The van der Waals surface area contributed by atoms with Crippen LogP contribution in [-0.4, -0.2) is 31.0 Å². The molecule has 0 atom stereocenters. The van der Waals surface area contributed by atoms with Crippen LogP contribution in [0.1, 0.15) is 18.4 Å². The summed E-state index contributed by atoms with van der Waals surface area (Å²) in [6.07, 6.45) is 2.22. The highest BCUT2D eigenvalue weighted by Gasteiger charge is 2.19. The zero-order valence-electron chi connectivity index (χ0n) is 10.7. The van der Waals surface area contributed by atoms with Crippen LogP contribution in [0.2, 0.25) is 0 Å². The Bertz CT molecular complexity index is 391. The van der Waals surface area contributed by atoms with Crippen molar-refractivity contribution in [1.29, 1.82) is 0 Å². The molecule has 2 rings (SSSR count). The van der Waals surface area contributed by atoms with Crippen LogP contribution in [0.25, 0.3) is 0 Å². The summed E-state index contributed by atoms with van der Waals surface area (Å²) in [6.45, 7) is 2.68. The molecule has 2 nitrogen and oxygen atoms in total. The summed E-state index contributed by atoms with van der Waals surface area (Å²) in [5.41, 5.74) is 0.736. The highest BCUT2D eigenvalue weighted by molar-refractivity contribution is 6.18. The number of hydrogen-bond acceptors (Lipinski definition) is 2. The third kappa shape index (κ3) is 3.36. The van der Waals surface area contributed by atoms with E-state index in [1.807, 2.05) is 12.1 Å². The van der Waals surface area contributed by atoms with Crippen LogP contribution in [0.5, 0.6) is 5.75 Å². The molecule has 0 radical (unpaired) electrons. The van der Waals surface area contributed by atoms with Crippen molar-refractivity contribution >= 4 is 11.6 Å². The first-order valence-corrected chi connectivity index (χ1v) is 6.87. The predicted octanol–water partition coefficient (Wildman–Crippen LogP) is 3.29. The molecule has 1 fully saturated rings. The average molecular weight is 272 g/mol. The van der Waals surface area contributed by atoms with Gasteiger partial charge < -0.3 is 4.74 Å². The lowest BCUT2D eigenvalue weighted by Crippen LogP contribution is -2.33. The van der Waals surface area contributed by atoms with Crippen molar-refractivity contribution in [3.63, 3.8) is 0 Å². The number of alkyl halides is 1. The number of ether oxygens (including phenoxy) is 1. The van der Waals surface area contributed by atoms with E-state index < -0.39 is 0 Å². The molecule has 4 heteroatoms. The first-order chi connectivity index (χ1) is 8.72. The minimum Gasteiger partial charge on any atom is -0.497 e. The summed E-state index contributed by atoms with van der Waals surface area (Å²) < 4.78 is 18.8. The number of likely N-dealkylation sites (tertiary alicyclic amines) is 1. The van der Waals surface area contributed by atoms with Gasteiger partial charge in [0, 0.05) is 24.1 Å². The van der Waals surface area contributed by atoms with Gasteiger partial charge in [0.1, 0.15) is 11.6 Å². The van der Waals surface area contributed by atoms with E-state index in [0.717, 1.165) is 37.4 Å². The first-order valence-electron chi connectivity index (χ1n) is 6.33. The summed E-state index contributed by atoms with van der Waals surface area (Å²) in [5.74, 6) is 1.75. The number of halogens is 2. The maximum atomic E-state index is 13.8. The van der Waals surface area contributed by atoms with Crippen LogP contribution < -0.4 is 4.74 Å². The SMILES string of the molecule is COc1ccc(CN2CCC(CCl)CC2)c(F)c1. The molecule has 18 heavy (non-hydrogen) atoms. The van der Waals surface area contributed by atoms with E-state index in [4.69, 9.17) is 16.3 Å². The molecule has 1 saturated heterocycles. The molecule has 100 valence electrons. The normalized spacial score (nSPS) is 17.9. The van der Waals surface area contributed by atoms with Gasteiger partial charge in [-0.2, -0.15) is 0 Å². The maximum Gasteiger partial charge on any atom is 0.131 e. The Morgan fingerprint density at radius 1 is 1.39 bits per heavy atom. The van der Waals surface area contributed by atoms with Gasteiger partial charge in [-0.25, -0.2) is 4.39 Å². The molecule has 1 heterocycles. The van der Waals surface area contributed by atoms with E-state index in [1.54, 1.807) is 7.11 Å². The molecule has 0 bridgehead atoms. The fourth-order valence-corrected chi connectivity index (χ4v) is 2.63. The number of hydrogen-bond donors (Lipinski definition) is 0. The molecule has 1 aromatic rings. The van der Waals surface area contributed by atoms with Crippen molar-refractivity contribution in [1.82, 2.24) is 4.90 Å². The van der Waals surface area contributed by atoms with Crippen LogP contribution in [0.4, 0.5) is 4.39 Å². The van der Waals surface area contributed by atoms with Gasteiger partial charge in [-0.3, -0.25) is 4.90 Å². The summed E-state index contributed by atoms with van der Waals surface area (Å²) in [4.78, 5) is 2.29. The smallest absolute Gasteiger partial charge is 0.131 e. The zero-order chi connectivity index (χ0) is 13.0. The monoisotopic (exact) mass is 271 g/mol. The number of nitrogens with zero attached hydrogens (tertiary/aromatic N) is 1. The van der Waals surface area contributed by atoms with Crippen LogP contribution in [0, 0.1) is 11.7 Å². The van der Waals surface area contributed by atoms with Crippen molar-refractivity contribution in [3.05, 3.63) is 29.6 Å². The van der Waals surface area contributed by atoms with Gasteiger partial charge in [-0.1, -0.05) is 6.07 Å². The average Bonchev–Trinajstić information content (AvgIpc) is 2.42. The lowest BCUT2D eigenvalue weighted by Gasteiger charge is -2.31. The molecule has 0 aliphatic carbocycles. The summed E-state index contributed by atoms with van der Waals surface area (Å²) in [7, 11) is 1.55. The van der Waals surface area contributed by atoms with Crippen LogP contribution >= 0.6 is 11.6 Å². The van der Waals surface area contributed by atoms with Gasteiger partial charge in [0.15, 0.2) is 0 Å². The highest BCUT2D eigenvalue weighted by atomic mass is 35.5. The molecular weight excluding hydrogens is 253 g/mol. The fourth-order valence-electron chi connectivity index (χ4n) is 2.32. The van der Waals surface area contributed by atoms with E-state index in [2.05, 4.69) is 4.90 Å². The topological polar surface area (TPSA) is 12.5 Å². The van der Waals surface area contributed by atoms with Crippen LogP contribution in [-0.2, 0) is 6.54 Å². The molecule has 0 spiro atoms. The Balaban J connectivity index is 1.94. The van der Waals surface area contributed by atoms with Gasteiger partial charge in [-0.15, -0.1) is 11.6 Å². The zero-order valence-corrected chi connectivity index (χ0v) is 11.4. The van der Waals surface area contributed by atoms with Crippen molar-refractivity contribution < 1.29 is 9.13 Å². The lowest BCUT2D eigenvalue weighted by molar-refractivity contribution is 0.184. The Hall–Kier alpha value is -0.800. The Kier molecular flexibility index (Phi) is 4.84. The Morgan fingerprint density at radius 2 is 2.11 bits per heavy atom. The van der Waals surface area contributed by atoms with Crippen LogP contribution in [0.15, 0.2) is 18.2 Å². The summed E-state index contributed by atoms with van der Waals surface area (Å²) >= 11 is 5.85. The van der Waals surface area contributed by atoms with Crippen molar-refractivity contribution in [2.45, 2.75) is 19.4 Å². The molecular formula is C14H19ClFNO. The highest BCUT2D eigenvalue weighted by Crippen LogP contribution is 2.22. The molecule has 1 aliphatic heterocycles. The van der Waals surface area contributed by atoms with Gasteiger partial charge in [0.25, 0.3) is 0 Å². The summed E-state index contributed by atoms with van der Waals surface area (Å²) in [5, 5.41) is 0. The quantitative estimate of drug-likeness (QED) is 0.779. The lowest BCUT2D eigenvalue weighted by atomic mass is 9.98. The van der Waals surface area contributed by atoms with Crippen LogP contribution in [0.3, 0.4) is 0 Å².